The molecule has 1 saturated heterocycles. The Morgan fingerprint density at radius 2 is 2.03 bits per heavy atom. The smallest absolute Gasteiger partial charge is 0.246 e. The molecule has 6 nitrogen and oxygen atoms in total. The van der Waals surface area contributed by atoms with Gasteiger partial charge < -0.3 is 24.8 Å². The molecule has 0 aromatic heterocycles. The van der Waals surface area contributed by atoms with Crippen molar-refractivity contribution in [2.45, 2.75) is 31.2 Å². The third-order valence-electron chi connectivity index (χ3n) is 6.43. The second kappa shape index (κ2) is 10.2. The standard InChI is InChI=1S/C26H32N2O4/c1-30-14-3-15-31-22-5-2-4-20(16-22)7-9-25(29)28-12-10-26(11-13-28)19-32-24-8-6-21(18-27)17-23(24)26/h2,4-9,16-17H,3,10-15,18-19,27H2,1H3. The highest BCUT2D eigenvalue weighted by Gasteiger charge is 2.43. The van der Waals surface area contributed by atoms with Crippen LogP contribution < -0.4 is 15.2 Å². The zero-order valence-corrected chi connectivity index (χ0v) is 18.7. The summed E-state index contributed by atoms with van der Waals surface area (Å²) < 4.78 is 16.7. The topological polar surface area (TPSA) is 74.0 Å². The highest BCUT2D eigenvalue weighted by Crippen LogP contribution is 2.45. The summed E-state index contributed by atoms with van der Waals surface area (Å²) in [6.45, 7) is 3.94. The van der Waals surface area contributed by atoms with E-state index in [-0.39, 0.29) is 11.3 Å². The number of likely N-dealkylation sites (tertiary alicyclic amines) is 1. The van der Waals surface area contributed by atoms with Gasteiger partial charge in [0.25, 0.3) is 0 Å². The lowest BCUT2D eigenvalue weighted by molar-refractivity contribution is -0.127. The predicted molar refractivity (Wildman–Crippen MR) is 125 cm³/mol. The van der Waals surface area contributed by atoms with E-state index in [1.165, 1.54) is 5.56 Å². The van der Waals surface area contributed by atoms with Crippen LogP contribution in [0.1, 0.15) is 36.0 Å². The van der Waals surface area contributed by atoms with Crippen molar-refractivity contribution >= 4 is 12.0 Å². The Bertz CT molecular complexity index is 964. The molecule has 0 atom stereocenters. The van der Waals surface area contributed by atoms with E-state index in [4.69, 9.17) is 19.9 Å². The molecular weight excluding hydrogens is 404 g/mol. The van der Waals surface area contributed by atoms with Gasteiger partial charge in [0.2, 0.25) is 5.91 Å². The van der Waals surface area contributed by atoms with Crippen molar-refractivity contribution in [2.24, 2.45) is 5.73 Å². The van der Waals surface area contributed by atoms with E-state index >= 15 is 0 Å². The molecule has 0 radical (unpaired) electrons. The van der Waals surface area contributed by atoms with Gasteiger partial charge in [-0.25, -0.2) is 0 Å². The Balaban J connectivity index is 1.34. The monoisotopic (exact) mass is 436 g/mol. The van der Waals surface area contributed by atoms with Gasteiger partial charge in [0.05, 0.1) is 13.2 Å². The number of hydrogen-bond donors (Lipinski definition) is 1. The largest absolute Gasteiger partial charge is 0.493 e. The van der Waals surface area contributed by atoms with Gasteiger partial charge in [-0.1, -0.05) is 24.3 Å². The molecule has 1 spiro atoms. The highest BCUT2D eigenvalue weighted by atomic mass is 16.5. The molecule has 2 aromatic rings. The molecule has 2 aliphatic rings. The molecule has 0 unspecified atom stereocenters. The lowest BCUT2D eigenvalue weighted by Crippen LogP contribution is -2.45. The molecule has 1 fully saturated rings. The van der Waals surface area contributed by atoms with E-state index in [2.05, 4.69) is 6.07 Å². The minimum absolute atomic E-state index is 0.00447. The van der Waals surface area contributed by atoms with Crippen LogP contribution >= 0.6 is 0 Å². The summed E-state index contributed by atoms with van der Waals surface area (Å²) in [5.74, 6) is 1.81. The average molecular weight is 437 g/mol. The number of rotatable bonds is 8. The molecule has 0 saturated carbocycles. The first-order chi connectivity index (χ1) is 15.6. The van der Waals surface area contributed by atoms with Crippen molar-refractivity contribution < 1.29 is 19.0 Å². The maximum Gasteiger partial charge on any atom is 0.246 e. The lowest BCUT2D eigenvalue weighted by Gasteiger charge is -2.38. The third kappa shape index (κ3) is 4.97. The first kappa shape index (κ1) is 22.4. The molecule has 2 N–H and O–H groups in total. The molecule has 6 heteroatoms. The molecule has 2 aromatic carbocycles. The maximum absolute atomic E-state index is 12.8. The summed E-state index contributed by atoms with van der Waals surface area (Å²) in [6.07, 6.45) is 6.16. The van der Waals surface area contributed by atoms with Crippen LogP contribution in [0.4, 0.5) is 0 Å². The van der Waals surface area contributed by atoms with E-state index in [1.54, 1.807) is 13.2 Å². The van der Waals surface area contributed by atoms with E-state index in [0.717, 1.165) is 55.0 Å². The number of piperidine rings is 1. The molecule has 2 aliphatic heterocycles. The number of carbonyl (C=O) groups excluding carboxylic acids is 1. The van der Waals surface area contributed by atoms with Gasteiger partial charge in [-0.05, 0) is 48.2 Å². The van der Waals surface area contributed by atoms with Gasteiger partial charge in [0, 0.05) is 56.8 Å². The molecule has 4 rings (SSSR count). The number of hydrogen-bond acceptors (Lipinski definition) is 5. The molecule has 2 heterocycles. The van der Waals surface area contributed by atoms with Gasteiger partial charge in [-0.15, -0.1) is 0 Å². The van der Waals surface area contributed by atoms with Gasteiger partial charge in [-0.2, -0.15) is 0 Å². The zero-order valence-electron chi connectivity index (χ0n) is 18.7. The predicted octanol–water partition coefficient (Wildman–Crippen LogP) is 3.53. The van der Waals surface area contributed by atoms with Crippen LogP contribution in [-0.2, 0) is 21.5 Å². The summed E-state index contributed by atoms with van der Waals surface area (Å²) >= 11 is 0. The number of amides is 1. The Labute approximate surface area is 189 Å². The van der Waals surface area contributed by atoms with Gasteiger partial charge in [0.15, 0.2) is 0 Å². The Morgan fingerprint density at radius 1 is 1.19 bits per heavy atom. The van der Waals surface area contributed by atoms with Crippen molar-refractivity contribution in [1.82, 2.24) is 4.90 Å². The van der Waals surface area contributed by atoms with E-state index < -0.39 is 0 Å². The van der Waals surface area contributed by atoms with Crippen molar-refractivity contribution in [3.8, 4) is 11.5 Å². The molecule has 0 bridgehead atoms. The average Bonchev–Trinajstić information content (AvgIpc) is 3.18. The van der Waals surface area contributed by atoms with Crippen LogP contribution in [-0.4, -0.2) is 50.8 Å². The minimum Gasteiger partial charge on any atom is -0.493 e. The SMILES string of the molecule is COCCCOc1cccc(C=CC(=O)N2CCC3(CC2)COc2ccc(CN)cc23)c1. The number of ether oxygens (including phenoxy) is 3. The summed E-state index contributed by atoms with van der Waals surface area (Å²) in [5.41, 5.74) is 9.16. The van der Waals surface area contributed by atoms with Crippen molar-refractivity contribution in [3.05, 3.63) is 65.2 Å². The van der Waals surface area contributed by atoms with E-state index in [9.17, 15) is 4.79 Å². The summed E-state index contributed by atoms with van der Waals surface area (Å²) in [4.78, 5) is 14.7. The second-order valence-electron chi connectivity index (χ2n) is 8.53. The first-order valence-corrected chi connectivity index (χ1v) is 11.3. The number of carbonyl (C=O) groups is 1. The molecular formula is C26H32N2O4. The fourth-order valence-electron chi connectivity index (χ4n) is 4.48. The zero-order chi connectivity index (χ0) is 22.4. The van der Waals surface area contributed by atoms with Crippen LogP contribution in [0.3, 0.4) is 0 Å². The lowest BCUT2D eigenvalue weighted by atomic mass is 9.74. The van der Waals surface area contributed by atoms with Crippen LogP contribution in [0.15, 0.2) is 48.5 Å². The van der Waals surface area contributed by atoms with Crippen molar-refractivity contribution in [3.63, 3.8) is 0 Å². The summed E-state index contributed by atoms with van der Waals surface area (Å²) in [7, 11) is 1.68. The number of methoxy groups -OCH3 is 1. The quantitative estimate of drug-likeness (QED) is 0.506. The van der Waals surface area contributed by atoms with E-state index in [1.807, 2.05) is 47.4 Å². The fraction of sp³-hybridized carbons (Fsp3) is 0.423. The normalized spacial score (nSPS) is 16.9. The first-order valence-electron chi connectivity index (χ1n) is 11.3. The van der Waals surface area contributed by atoms with Crippen LogP contribution in [0.5, 0.6) is 11.5 Å². The second-order valence-corrected chi connectivity index (χ2v) is 8.53. The Morgan fingerprint density at radius 3 is 2.81 bits per heavy atom. The molecule has 32 heavy (non-hydrogen) atoms. The van der Waals surface area contributed by atoms with Crippen LogP contribution in [0, 0.1) is 0 Å². The third-order valence-corrected chi connectivity index (χ3v) is 6.43. The molecule has 0 aliphatic carbocycles. The molecule has 170 valence electrons. The van der Waals surface area contributed by atoms with Gasteiger partial charge in [-0.3, -0.25) is 4.79 Å². The minimum atomic E-state index is -0.00447. The van der Waals surface area contributed by atoms with Crippen molar-refractivity contribution in [1.29, 1.82) is 0 Å². The Kier molecular flexibility index (Phi) is 7.12. The number of benzene rings is 2. The highest BCUT2D eigenvalue weighted by molar-refractivity contribution is 5.92. The number of fused-ring (bicyclic) bond motifs is 2. The summed E-state index contributed by atoms with van der Waals surface area (Å²) in [5, 5.41) is 0. The number of nitrogens with two attached hydrogens (primary N) is 1. The van der Waals surface area contributed by atoms with Crippen LogP contribution in [0.25, 0.3) is 6.08 Å². The van der Waals surface area contributed by atoms with Crippen molar-refractivity contribution in [2.75, 3.05) is 40.0 Å². The maximum atomic E-state index is 12.8. The van der Waals surface area contributed by atoms with E-state index in [0.29, 0.717) is 26.4 Å². The van der Waals surface area contributed by atoms with Gasteiger partial charge >= 0.3 is 0 Å². The van der Waals surface area contributed by atoms with Gasteiger partial charge in [0.1, 0.15) is 11.5 Å². The fourth-order valence-corrected chi connectivity index (χ4v) is 4.48. The van der Waals surface area contributed by atoms with Crippen LogP contribution in [0.2, 0.25) is 0 Å². The number of nitrogens with zero attached hydrogens (tertiary/aromatic N) is 1. The Hall–Kier alpha value is -2.83. The summed E-state index contributed by atoms with van der Waals surface area (Å²) in [6, 6.07) is 14.0. The molecule has 1 amide bonds.